The number of hydrogen-bond donors (Lipinski definition) is 3. The number of nitrogens with two attached hydrogens (primary N) is 1. The second kappa shape index (κ2) is 8.33. The van der Waals surface area contributed by atoms with Gasteiger partial charge >= 0.3 is 7.12 Å². The van der Waals surface area contributed by atoms with Crippen molar-refractivity contribution in [2.75, 3.05) is 13.1 Å². The number of piperidine rings is 1. The van der Waals surface area contributed by atoms with Crippen LogP contribution in [0.5, 0.6) is 0 Å². The lowest BCUT2D eigenvalue weighted by Gasteiger charge is -2.32. The largest absolute Gasteiger partial charge is 0.508 e. The Morgan fingerprint density at radius 3 is 2.59 bits per heavy atom. The first-order chi connectivity index (χ1) is 14.1. The first-order valence-electron chi connectivity index (χ1n) is 9.90. The SMILES string of the molecule is NCc1cccc(C2CCN(C(=O)c3cccc4c(B(O)O)nccc34)CC2)c1. The van der Waals surface area contributed by atoms with Gasteiger partial charge in [-0.1, -0.05) is 36.4 Å². The topological polar surface area (TPSA) is 99.7 Å². The lowest BCUT2D eigenvalue weighted by atomic mass is 9.81. The van der Waals surface area contributed by atoms with E-state index in [1.165, 1.54) is 11.8 Å². The lowest BCUT2D eigenvalue weighted by molar-refractivity contribution is 0.0715. The molecule has 0 aliphatic carbocycles. The van der Waals surface area contributed by atoms with Crippen LogP contribution >= 0.6 is 0 Å². The van der Waals surface area contributed by atoms with Crippen molar-refractivity contribution in [1.29, 1.82) is 0 Å². The summed E-state index contributed by atoms with van der Waals surface area (Å²) in [5.41, 5.74) is 8.91. The smallest absolute Gasteiger partial charge is 0.422 e. The Balaban J connectivity index is 1.54. The molecule has 1 aliphatic rings. The van der Waals surface area contributed by atoms with Crippen molar-refractivity contribution in [3.8, 4) is 0 Å². The molecule has 1 aromatic heterocycles. The molecule has 0 spiro atoms. The summed E-state index contributed by atoms with van der Waals surface area (Å²) in [6.45, 7) is 1.91. The Hall–Kier alpha value is -2.74. The van der Waals surface area contributed by atoms with Gasteiger partial charge in [0.1, 0.15) is 0 Å². The van der Waals surface area contributed by atoms with E-state index in [0.717, 1.165) is 18.4 Å². The first-order valence-corrected chi connectivity index (χ1v) is 9.90. The van der Waals surface area contributed by atoms with Crippen molar-refractivity contribution in [3.63, 3.8) is 0 Å². The molecule has 4 N–H and O–H groups in total. The maximum Gasteiger partial charge on any atom is 0.508 e. The van der Waals surface area contributed by atoms with Gasteiger partial charge in [-0.15, -0.1) is 0 Å². The second-order valence-corrected chi connectivity index (χ2v) is 7.49. The Morgan fingerprint density at radius 1 is 1.10 bits per heavy atom. The standard InChI is InChI=1S/C22H24BN3O3/c24-14-15-3-1-4-17(13-15)16-8-11-26(12-9-16)22(27)20-6-2-5-19-18(20)7-10-25-21(19)23(28)29/h1-7,10,13,16,28-29H,8-9,11-12,14,24H2. The fourth-order valence-electron chi connectivity index (χ4n) is 4.18. The molecule has 2 heterocycles. The minimum absolute atomic E-state index is 0.0330. The highest BCUT2D eigenvalue weighted by atomic mass is 16.4. The van der Waals surface area contributed by atoms with Crippen LogP contribution in [-0.4, -0.2) is 46.0 Å². The Morgan fingerprint density at radius 2 is 1.86 bits per heavy atom. The number of hydrogen-bond acceptors (Lipinski definition) is 5. The number of benzene rings is 2. The molecule has 0 bridgehead atoms. The minimum Gasteiger partial charge on any atom is -0.422 e. The fraction of sp³-hybridized carbons (Fsp3) is 0.273. The molecule has 6 nitrogen and oxygen atoms in total. The molecular formula is C22H24BN3O3. The van der Waals surface area contributed by atoms with Crippen LogP contribution in [0.3, 0.4) is 0 Å². The van der Waals surface area contributed by atoms with Crippen LogP contribution in [-0.2, 0) is 6.54 Å². The number of carbonyl (C=O) groups excluding carboxylic acids is 1. The van der Waals surface area contributed by atoms with Crippen LogP contribution in [0.4, 0.5) is 0 Å². The third kappa shape index (κ3) is 3.89. The van der Waals surface area contributed by atoms with Crippen LogP contribution in [0, 0.1) is 0 Å². The molecule has 4 rings (SSSR count). The molecule has 0 saturated carbocycles. The fourth-order valence-corrected chi connectivity index (χ4v) is 4.18. The van der Waals surface area contributed by atoms with E-state index in [4.69, 9.17) is 5.73 Å². The van der Waals surface area contributed by atoms with E-state index in [1.54, 1.807) is 24.3 Å². The number of nitrogens with zero attached hydrogens (tertiary/aromatic N) is 2. The lowest BCUT2D eigenvalue weighted by Crippen LogP contribution is -2.38. The number of carbonyl (C=O) groups is 1. The summed E-state index contributed by atoms with van der Waals surface area (Å²) in [5.74, 6) is 0.396. The van der Waals surface area contributed by atoms with E-state index in [0.29, 0.717) is 41.9 Å². The van der Waals surface area contributed by atoms with Crippen LogP contribution in [0.1, 0.15) is 40.2 Å². The molecule has 1 fully saturated rings. The predicted octanol–water partition coefficient (Wildman–Crippen LogP) is 1.39. The van der Waals surface area contributed by atoms with Crippen molar-refractivity contribution in [2.45, 2.75) is 25.3 Å². The summed E-state index contributed by atoms with van der Waals surface area (Å²) in [7, 11) is -1.68. The van der Waals surface area contributed by atoms with Crippen molar-refractivity contribution >= 4 is 29.4 Å². The summed E-state index contributed by atoms with van der Waals surface area (Å²) in [6.07, 6.45) is 3.32. The van der Waals surface area contributed by atoms with Gasteiger partial charge in [0.2, 0.25) is 0 Å². The zero-order valence-corrected chi connectivity index (χ0v) is 16.2. The molecule has 2 aromatic carbocycles. The van der Waals surface area contributed by atoms with Gasteiger partial charge in [0.25, 0.3) is 5.91 Å². The highest BCUT2D eigenvalue weighted by Gasteiger charge is 2.26. The van der Waals surface area contributed by atoms with Gasteiger partial charge in [-0.05, 0) is 47.4 Å². The monoisotopic (exact) mass is 389 g/mol. The first kappa shape index (κ1) is 19.6. The second-order valence-electron chi connectivity index (χ2n) is 7.49. The van der Waals surface area contributed by atoms with Crippen LogP contribution in [0.2, 0.25) is 0 Å². The molecule has 1 aliphatic heterocycles. The van der Waals surface area contributed by atoms with Gasteiger partial charge < -0.3 is 20.7 Å². The van der Waals surface area contributed by atoms with E-state index < -0.39 is 7.12 Å². The van der Waals surface area contributed by atoms with E-state index in [2.05, 4.69) is 17.1 Å². The highest BCUT2D eigenvalue weighted by molar-refractivity contribution is 6.60. The Kier molecular flexibility index (Phi) is 5.62. The summed E-state index contributed by atoms with van der Waals surface area (Å²) in [5, 5.41) is 20.4. The third-order valence-electron chi connectivity index (χ3n) is 5.75. The number of likely N-dealkylation sites (tertiary alicyclic amines) is 1. The van der Waals surface area contributed by atoms with Crippen molar-refractivity contribution in [2.24, 2.45) is 5.73 Å². The van der Waals surface area contributed by atoms with Crippen molar-refractivity contribution in [1.82, 2.24) is 9.88 Å². The molecule has 1 saturated heterocycles. The summed E-state index contributed by atoms with van der Waals surface area (Å²) < 4.78 is 0. The molecule has 7 heteroatoms. The average Bonchev–Trinajstić information content (AvgIpc) is 2.77. The molecule has 3 aromatic rings. The quantitative estimate of drug-likeness (QED) is 0.586. The number of amides is 1. The number of rotatable bonds is 4. The van der Waals surface area contributed by atoms with Gasteiger partial charge in [-0.3, -0.25) is 9.78 Å². The van der Waals surface area contributed by atoms with Crippen LogP contribution < -0.4 is 11.3 Å². The van der Waals surface area contributed by atoms with Crippen molar-refractivity contribution < 1.29 is 14.8 Å². The summed E-state index contributed by atoms with van der Waals surface area (Å²) in [6, 6.07) is 15.4. The molecular weight excluding hydrogens is 365 g/mol. The summed E-state index contributed by atoms with van der Waals surface area (Å²) in [4.78, 5) is 19.1. The van der Waals surface area contributed by atoms with Gasteiger partial charge in [0.15, 0.2) is 0 Å². The number of aromatic nitrogens is 1. The Labute approximate surface area is 170 Å². The average molecular weight is 389 g/mol. The van der Waals surface area contributed by atoms with Crippen LogP contribution in [0.25, 0.3) is 10.8 Å². The Bertz CT molecular complexity index is 1030. The molecule has 0 unspecified atom stereocenters. The zero-order chi connectivity index (χ0) is 20.4. The zero-order valence-electron chi connectivity index (χ0n) is 16.2. The molecule has 148 valence electrons. The van der Waals surface area contributed by atoms with E-state index in [1.807, 2.05) is 17.0 Å². The summed E-state index contributed by atoms with van der Waals surface area (Å²) >= 11 is 0. The maximum atomic E-state index is 13.2. The van der Waals surface area contributed by atoms with Gasteiger partial charge in [-0.25, -0.2) is 0 Å². The normalized spacial score (nSPS) is 14.9. The van der Waals surface area contributed by atoms with E-state index in [9.17, 15) is 14.8 Å². The number of fused-ring (bicyclic) bond motifs is 1. The van der Waals surface area contributed by atoms with Gasteiger partial charge in [0.05, 0.1) is 5.59 Å². The van der Waals surface area contributed by atoms with E-state index in [-0.39, 0.29) is 11.5 Å². The van der Waals surface area contributed by atoms with E-state index >= 15 is 0 Å². The van der Waals surface area contributed by atoms with Crippen molar-refractivity contribution in [3.05, 3.63) is 71.4 Å². The molecule has 0 radical (unpaired) electrons. The van der Waals surface area contributed by atoms with Crippen LogP contribution in [0.15, 0.2) is 54.7 Å². The predicted molar refractivity (Wildman–Crippen MR) is 114 cm³/mol. The number of pyridine rings is 1. The minimum atomic E-state index is -1.68. The third-order valence-corrected chi connectivity index (χ3v) is 5.75. The van der Waals surface area contributed by atoms with Gasteiger partial charge in [-0.2, -0.15) is 0 Å². The van der Waals surface area contributed by atoms with Gasteiger partial charge in [0, 0.05) is 36.8 Å². The maximum absolute atomic E-state index is 13.2. The highest BCUT2D eigenvalue weighted by Crippen LogP contribution is 2.30. The molecule has 29 heavy (non-hydrogen) atoms. The molecule has 1 amide bonds. The molecule has 0 atom stereocenters.